The van der Waals surface area contributed by atoms with Gasteiger partial charge in [0.15, 0.2) is 0 Å². The molecule has 0 fully saturated rings. The number of carbonyl (C=O) groups excluding carboxylic acids is 1. The Bertz CT molecular complexity index is 628. The van der Waals surface area contributed by atoms with Crippen LogP contribution in [0.25, 0.3) is 0 Å². The molecule has 0 aliphatic carbocycles. The second-order valence-corrected chi connectivity index (χ2v) is 3.89. The summed E-state index contributed by atoms with van der Waals surface area (Å²) in [5.41, 5.74) is 0.499. The quantitative estimate of drug-likeness (QED) is 0.838. The van der Waals surface area contributed by atoms with Crippen molar-refractivity contribution in [3.05, 3.63) is 53.1 Å². The van der Waals surface area contributed by atoms with E-state index in [0.717, 1.165) is 0 Å². The number of carbonyl (C=O) groups is 2. The van der Waals surface area contributed by atoms with E-state index in [4.69, 9.17) is 16.7 Å². The van der Waals surface area contributed by atoms with Gasteiger partial charge in [-0.1, -0.05) is 11.6 Å². The number of hydrogen-bond donors (Lipinski definition) is 2. The molecule has 0 aliphatic heterocycles. The molecule has 1 amide bonds. The summed E-state index contributed by atoms with van der Waals surface area (Å²) >= 11 is 5.79. The van der Waals surface area contributed by atoms with Crippen molar-refractivity contribution in [3.8, 4) is 0 Å². The van der Waals surface area contributed by atoms with Crippen molar-refractivity contribution in [3.63, 3.8) is 0 Å². The first kappa shape index (κ1) is 13.0. The van der Waals surface area contributed by atoms with E-state index in [1.54, 1.807) is 6.07 Å². The van der Waals surface area contributed by atoms with Crippen LogP contribution in [0.3, 0.4) is 0 Å². The highest BCUT2D eigenvalue weighted by Gasteiger charge is 2.11. The van der Waals surface area contributed by atoms with Crippen LogP contribution in [-0.2, 0) is 0 Å². The average molecular weight is 278 g/mol. The number of aromatic carboxylic acids is 1. The molecule has 2 heterocycles. The minimum Gasteiger partial charge on any atom is -0.477 e. The molecule has 0 saturated heterocycles. The Labute approximate surface area is 113 Å². The highest BCUT2D eigenvalue weighted by Crippen LogP contribution is 2.14. The van der Waals surface area contributed by atoms with Gasteiger partial charge < -0.3 is 10.4 Å². The largest absolute Gasteiger partial charge is 0.477 e. The minimum absolute atomic E-state index is 0.0927. The van der Waals surface area contributed by atoms with Gasteiger partial charge in [-0.25, -0.2) is 14.8 Å². The molecule has 6 nitrogen and oxygen atoms in total. The van der Waals surface area contributed by atoms with Gasteiger partial charge in [0, 0.05) is 6.20 Å². The fraction of sp³-hybridized carbons (Fsp3) is 0. The Morgan fingerprint density at radius 3 is 2.58 bits per heavy atom. The van der Waals surface area contributed by atoms with Gasteiger partial charge in [0.2, 0.25) is 0 Å². The third-order valence-electron chi connectivity index (χ3n) is 2.24. The monoisotopic (exact) mass is 277 g/mol. The van der Waals surface area contributed by atoms with E-state index in [2.05, 4.69) is 15.3 Å². The fourth-order valence-electron chi connectivity index (χ4n) is 1.35. The summed E-state index contributed by atoms with van der Waals surface area (Å²) in [6.07, 6.45) is 2.73. The molecule has 0 bridgehead atoms. The number of halogens is 1. The van der Waals surface area contributed by atoms with Gasteiger partial charge in [-0.2, -0.15) is 0 Å². The van der Waals surface area contributed by atoms with E-state index in [9.17, 15) is 9.59 Å². The molecule has 0 aliphatic rings. The zero-order chi connectivity index (χ0) is 13.8. The Hall–Kier alpha value is -2.47. The van der Waals surface area contributed by atoms with Crippen LogP contribution >= 0.6 is 11.6 Å². The SMILES string of the molecule is O=C(O)c1ccc(NC(=O)c2cccnc2Cl)cn1. The van der Waals surface area contributed by atoms with Gasteiger partial charge in [0.05, 0.1) is 17.4 Å². The summed E-state index contributed by atoms with van der Waals surface area (Å²) < 4.78 is 0. The number of hydrogen-bond acceptors (Lipinski definition) is 4. The van der Waals surface area contributed by atoms with Gasteiger partial charge in [-0.15, -0.1) is 0 Å². The summed E-state index contributed by atoms with van der Waals surface area (Å²) in [6.45, 7) is 0. The van der Waals surface area contributed by atoms with Crippen LogP contribution in [-0.4, -0.2) is 27.0 Å². The molecule has 2 N–H and O–H groups in total. The van der Waals surface area contributed by atoms with Gasteiger partial charge in [-0.3, -0.25) is 4.79 Å². The van der Waals surface area contributed by atoms with Crippen LogP contribution < -0.4 is 5.32 Å². The van der Waals surface area contributed by atoms with Crippen molar-refractivity contribution >= 4 is 29.2 Å². The van der Waals surface area contributed by atoms with E-state index in [1.165, 1.54) is 30.6 Å². The summed E-state index contributed by atoms with van der Waals surface area (Å²) in [4.78, 5) is 30.0. The number of rotatable bonds is 3. The average Bonchev–Trinajstić information content (AvgIpc) is 2.39. The third-order valence-corrected chi connectivity index (χ3v) is 2.55. The van der Waals surface area contributed by atoms with Crippen LogP contribution in [0, 0.1) is 0 Å². The van der Waals surface area contributed by atoms with Crippen molar-refractivity contribution in [2.75, 3.05) is 5.32 Å². The summed E-state index contributed by atoms with van der Waals surface area (Å²) in [7, 11) is 0. The first-order valence-electron chi connectivity index (χ1n) is 5.19. The lowest BCUT2D eigenvalue weighted by molar-refractivity contribution is 0.0690. The van der Waals surface area contributed by atoms with E-state index < -0.39 is 11.9 Å². The van der Waals surface area contributed by atoms with Crippen molar-refractivity contribution in [2.45, 2.75) is 0 Å². The summed E-state index contributed by atoms with van der Waals surface area (Å²) in [5, 5.41) is 11.3. The Morgan fingerprint density at radius 2 is 2.00 bits per heavy atom. The van der Waals surface area contributed by atoms with Gasteiger partial charge in [0.1, 0.15) is 10.8 Å². The Morgan fingerprint density at radius 1 is 1.21 bits per heavy atom. The maximum atomic E-state index is 11.9. The molecule has 0 atom stereocenters. The Kier molecular flexibility index (Phi) is 3.72. The standard InChI is InChI=1S/C12H8ClN3O3/c13-10-8(2-1-5-14-10)11(17)16-7-3-4-9(12(18)19)15-6-7/h1-6H,(H,16,17)(H,18,19). The first-order chi connectivity index (χ1) is 9.08. The number of carboxylic acid groups (broad SMARTS) is 1. The maximum Gasteiger partial charge on any atom is 0.354 e. The lowest BCUT2D eigenvalue weighted by Gasteiger charge is -2.05. The van der Waals surface area contributed by atoms with Crippen molar-refractivity contribution in [1.82, 2.24) is 9.97 Å². The predicted octanol–water partition coefficient (Wildman–Crippen LogP) is 2.08. The molecule has 0 radical (unpaired) electrons. The Balaban J connectivity index is 2.15. The van der Waals surface area contributed by atoms with Gasteiger partial charge in [0.25, 0.3) is 5.91 Å². The number of carboxylic acids is 1. The smallest absolute Gasteiger partial charge is 0.354 e. The van der Waals surface area contributed by atoms with Crippen LogP contribution in [0.2, 0.25) is 5.15 Å². The van der Waals surface area contributed by atoms with Crippen molar-refractivity contribution in [1.29, 1.82) is 0 Å². The lowest BCUT2D eigenvalue weighted by atomic mass is 10.2. The van der Waals surface area contributed by atoms with Crippen LogP contribution in [0.15, 0.2) is 36.7 Å². The molecular formula is C12H8ClN3O3. The summed E-state index contributed by atoms with van der Waals surface area (Å²) in [6, 6.07) is 5.86. The molecule has 0 spiro atoms. The van der Waals surface area contributed by atoms with Gasteiger partial charge in [-0.05, 0) is 24.3 Å². The molecule has 7 heteroatoms. The minimum atomic E-state index is -1.13. The van der Waals surface area contributed by atoms with E-state index in [-0.39, 0.29) is 16.4 Å². The normalized spacial score (nSPS) is 9.95. The van der Waals surface area contributed by atoms with Crippen LogP contribution in [0.4, 0.5) is 5.69 Å². The second kappa shape index (κ2) is 5.45. The zero-order valence-electron chi connectivity index (χ0n) is 9.50. The molecule has 2 aromatic heterocycles. The first-order valence-corrected chi connectivity index (χ1v) is 5.57. The van der Waals surface area contributed by atoms with E-state index in [0.29, 0.717) is 5.69 Å². The molecular weight excluding hydrogens is 270 g/mol. The van der Waals surface area contributed by atoms with E-state index in [1.807, 2.05) is 0 Å². The molecule has 2 aromatic rings. The molecule has 19 heavy (non-hydrogen) atoms. The van der Waals surface area contributed by atoms with Crippen molar-refractivity contribution < 1.29 is 14.7 Å². The molecule has 0 aromatic carbocycles. The number of anilines is 1. The topological polar surface area (TPSA) is 92.2 Å². The van der Waals surface area contributed by atoms with Crippen molar-refractivity contribution in [2.24, 2.45) is 0 Å². The molecule has 2 rings (SSSR count). The number of pyridine rings is 2. The number of amides is 1. The summed E-state index contributed by atoms with van der Waals surface area (Å²) in [5.74, 6) is -1.57. The van der Waals surface area contributed by atoms with Crippen LogP contribution in [0.1, 0.15) is 20.8 Å². The molecule has 0 unspecified atom stereocenters. The second-order valence-electron chi connectivity index (χ2n) is 3.53. The lowest BCUT2D eigenvalue weighted by Crippen LogP contribution is -2.13. The highest BCUT2D eigenvalue weighted by atomic mass is 35.5. The zero-order valence-corrected chi connectivity index (χ0v) is 10.3. The maximum absolute atomic E-state index is 11.9. The molecule has 96 valence electrons. The highest BCUT2D eigenvalue weighted by molar-refractivity contribution is 6.33. The number of nitrogens with one attached hydrogen (secondary N) is 1. The van der Waals surface area contributed by atoms with Gasteiger partial charge >= 0.3 is 5.97 Å². The van der Waals surface area contributed by atoms with Crippen LogP contribution in [0.5, 0.6) is 0 Å². The number of aromatic nitrogens is 2. The third kappa shape index (κ3) is 3.05. The predicted molar refractivity (Wildman–Crippen MR) is 68.4 cm³/mol. The molecule has 0 saturated carbocycles. The van der Waals surface area contributed by atoms with E-state index >= 15 is 0 Å². The fourth-order valence-corrected chi connectivity index (χ4v) is 1.55. The number of nitrogens with zero attached hydrogens (tertiary/aromatic N) is 2.